The Morgan fingerprint density at radius 3 is 3.20 bits per heavy atom. The summed E-state index contributed by atoms with van der Waals surface area (Å²) in [4.78, 5) is 0. The van der Waals surface area contributed by atoms with E-state index in [4.69, 9.17) is 0 Å². The first kappa shape index (κ1) is 6.02. The maximum Gasteiger partial charge on any atom is 0.0331 e. The Morgan fingerprint density at radius 1 is 1.50 bits per heavy atom. The van der Waals surface area contributed by atoms with Gasteiger partial charge in [0.15, 0.2) is 0 Å². The summed E-state index contributed by atoms with van der Waals surface area (Å²) in [5.74, 6) is 0.861. The number of rotatable bonds is 0. The molecule has 1 heterocycles. The molecule has 0 amide bonds. The molecule has 2 aliphatic rings. The maximum absolute atomic E-state index is 3.40. The van der Waals surface area contributed by atoms with E-state index in [-0.39, 0.29) is 0 Å². The molecule has 1 N–H and O–H groups in total. The lowest BCUT2D eigenvalue weighted by atomic mass is 10.1. The van der Waals surface area contributed by atoms with Crippen LogP contribution in [-0.2, 0) is 0 Å². The lowest BCUT2D eigenvalue weighted by molar-refractivity contribution is 0.611. The molecule has 0 spiro atoms. The van der Waals surface area contributed by atoms with Gasteiger partial charge < -0.3 is 5.32 Å². The molecule has 1 aliphatic carbocycles. The van der Waals surface area contributed by atoms with Crippen molar-refractivity contribution in [2.75, 3.05) is 6.54 Å². The maximum atomic E-state index is 3.40. The lowest BCUT2D eigenvalue weighted by Crippen LogP contribution is -2.15. The van der Waals surface area contributed by atoms with Crippen LogP contribution in [0.5, 0.6) is 0 Å². The second-order valence-electron chi connectivity index (χ2n) is 3.30. The molecule has 0 fully saturated rings. The lowest BCUT2D eigenvalue weighted by Gasteiger charge is -2.10. The van der Waals surface area contributed by atoms with E-state index in [9.17, 15) is 0 Å². The highest BCUT2D eigenvalue weighted by Crippen LogP contribution is 2.31. The van der Waals surface area contributed by atoms with Crippen LogP contribution in [0.4, 0.5) is 0 Å². The van der Waals surface area contributed by atoms with Crippen LogP contribution < -0.4 is 5.32 Å². The van der Waals surface area contributed by atoms with E-state index in [1.807, 2.05) is 0 Å². The molecule has 2 rings (SSSR count). The van der Waals surface area contributed by atoms with Crippen LogP contribution in [0.25, 0.3) is 0 Å². The molecule has 1 unspecified atom stereocenters. The predicted octanol–water partition coefficient (Wildman–Crippen LogP) is 1.83. The van der Waals surface area contributed by atoms with Crippen LogP contribution in [0.1, 0.15) is 19.8 Å². The fourth-order valence-corrected chi connectivity index (χ4v) is 1.79. The van der Waals surface area contributed by atoms with Crippen molar-refractivity contribution in [3.05, 3.63) is 23.4 Å². The normalized spacial score (nSPS) is 30.3. The van der Waals surface area contributed by atoms with Crippen molar-refractivity contribution in [3.63, 3.8) is 0 Å². The molecule has 0 saturated carbocycles. The molecular weight excluding hydrogens is 122 g/mol. The fraction of sp³-hybridized carbons (Fsp3) is 0.556. The minimum atomic E-state index is 0.861. The Hall–Kier alpha value is -0.720. The molecule has 1 atom stereocenters. The molecule has 0 aromatic carbocycles. The molecule has 54 valence electrons. The van der Waals surface area contributed by atoms with Crippen molar-refractivity contribution >= 4 is 0 Å². The van der Waals surface area contributed by atoms with Gasteiger partial charge >= 0.3 is 0 Å². The summed E-state index contributed by atoms with van der Waals surface area (Å²) in [6.07, 6.45) is 7.02. The highest BCUT2D eigenvalue weighted by atomic mass is 14.9. The third kappa shape index (κ3) is 0.859. The van der Waals surface area contributed by atoms with Gasteiger partial charge in [0, 0.05) is 12.2 Å². The summed E-state index contributed by atoms with van der Waals surface area (Å²) in [6.45, 7) is 3.35. The highest BCUT2D eigenvalue weighted by Gasteiger charge is 2.19. The van der Waals surface area contributed by atoms with Gasteiger partial charge in [-0.25, -0.2) is 0 Å². The van der Waals surface area contributed by atoms with Crippen LogP contribution in [0.15, 0.2) is 23.4 Å². The van der Waals surface area contributed by atoms with Gasteiger partial charge in [-0.2, -0.15) is 0 Å². The topological polar surface area (TPSA) is 12.0 Å². The van der Waals surface area contributed by atoms with Gasteiger partial charge in [-0.3, -0.25) is 0 Å². The van der Waals surface area contributed by atoms with Gasteiger partial charge in [0.25, 0.3) is 0 Å². The quantitative estimate of drug-likeness (QED) is 0.534. The zero-order valence-electron chi connectivity index (χ0n) is 6.35. The van der Waals surface area contributed by atoms with Crippen molar-refractivity contribution in [2.24, 2.45) is 5.92 Å². The summed E-state index contributed by atoms with van der Waals surface area (Å²) in [5, 5.41) is 3.40. The van der Waals surface area contributed by atoms with E-state index < -0.39 is 0 Å². The van der Waals surface area contributed by atoms with Gasteiger partial charge in [0.05, 0.1) is 0 Å². The monoisotopic (exact) mass is 135 g/mol. The van der Waals surface area contributed by atoms with Gasteiger partial charge in [0.1, 0.15) is 0 Å². The SMILES string of the molecule is CC1CC2=C(C1)NCC=C2. The predicted molar refractivity (Wildman–Crippen MR) is 42.6 cm³/mol. The first-order chi connectivity index (χ1) is 4.86. The van der Waals surface area contributed by atoms with E-state index in [1.54, 1.807) is 5.57 Å². The molecule has 0 aromatic heterocycles. The Morgan fingerprint density at radius 2 is 2.40 bits per heavy atom. The van der Waals surface area contributed by atoms with Gasteiger partial charge in [-0.05, 0) is 24.3 Å². The van der Waals surface area contributed by atoms with Crippen molar-refractivity contribution in [2.45, 2.75) is 19.8 Å². The molecule has 10 heavy (non-hydrogen) atoms. The molecular formula is C9H13N. The summed E-state index contributed by atoms with van der Waals surface area (Å²) < 4.78 is 0. The molecule has 1 aliphatic heterocycles. The molecule has 0 aromatic rings. The standard InChI is InChI=1S/C9H13N/c1-7-5-8-3-2-4-10-9(8)6-7/h2-3,7,10H,4-6H2,1H3. The Kier molecular flexibility index (Phi) is 1.30. The van der Waals surface area contributed by atoms with E-state index in [0.717, 1.165) is 12.5 Å². The number of hydrogen-bond acceptors (Lipinski definition) is 1. The number of hydrogen-bond donors (Lipinski definition) is 1. The molecule has 1 heteroatoms. The Balaban J connectivity index is 2.21. The zero-order valence-corrected chi connectivity index (χ0v) is 6.35. The molecule has 0 radical (unpaired) electrons. The van der Waals surface area contributed by atoms with Crippen molar-refractivity contribution < 1.29 is 0 Å². The van der Waals surface area contributed by atoms with Crippen LogP contribution in [0, 0.1) is 5.92 Å². The van der Waals surface area contributed by atoms with E-state index in [1.165, 1.54) is 18.5 Å². The minimum Gasteiger partial charge on any atom is -0.385 e. The molecule has 1 nitrogen and oxygen atoms in total. The van der Waals surface area contributed by atoms with E-state index in [0.29, 0.717) is 0 Å². The summed E-state index contributed by atoms with van der Waals surface area (Å²) in [7, 11) is 0. The Labute approximate surface area is 61.8 Å². The highest BCUT2D eigenvalue weighted by molar-refractivity contribution is 5.32. The van der Waals surface area contributed by atoms with Gasteiger partial charge in [0.2, 0.25) is 0 Å². The van der Waals surface area contributed by atoms with Crippen molar-refractivity contribution in [1.29, 1.82) is 0 Å². The number of allylic oxidation sites excluding steroid dienone is 3. The summed E-state index contributed by atoms with van der Waals surface area (Å²) in [6, 6.07) is 0. The second-order valence-corrected chi connectivity index (χ2v) is 3.30. The average molecular weight is 135 g/mol. The summed E-state index contributed by atoms with van der Waals surface area (Å²) >= 11 is 0. The third-order valence-corrected chi connectivity index (χ3v) is 2.26. The van der Waals surface area contributed by atoms with E-state index >= 15 is 0 Å². The molecule has 0 saturated heterocycles. The summed E-state index contributed by atoms with van der Waals surface area (Å²) in [5.41, 5.74) is 3.04. The largest absolute Gasteiger partial charge is 0.385 e. The minimum absolute atomic E-state index is 0.861. The van der Waals surface area contributed by atoms with Crippen LogP contribution in [-0.4, -0.2) is 6.54 Å². The second kappa shape index (κ2) is 2.15. The van der Waals surface area contributed by atoms with Crippen molar-refractivity contribution in [1.82, 2.24) is 5.32 Å². The number of nitrogens with one attached hydrogen (secondary N) is 1. The van der Waals surface area contributed by atoms with Crippen LogP contribution in [0.3, 0.4) is 0 Å². The van der Waals surface area contributed by atoms with E-state index in [2.05, 4.69) is 24.4 Å². The zero-order chi connectivity index (χ0) is 6.97. The van der Waals surface area contributed by atoms with Crippen LogP contribution in [0.2, 0.25) is 0 Å². The first-order valence-electron chi connectivity index (χ1n) is 3.98. The Bertz CT molecular complexity index is 201. The van der Waals surface area contributed by atoms with Gasteiger partial charge in [-0.15, -0.1) is 0 Å². The van der Waals surface area contributed by atoms with Crippen molar-refractivity contribution in [3.8, 4) is 0 Å². The average Bonchev–Trinajstić information content (AvgIpc) is 2.27. The first-order valence-corrected chi connectivity index (χ1v) is 3.98. The number of dihydropyridines is 1. The fourth-order valence-electron chi connectivity index (χ4n) is 1.79. The smallest absolute Gasteiger partial charge is 0.0331 e. The van der Waals surface area contributed by atoms with Gasteiger partial charge in [-0.1, -0.05) is 19.1 Å². The van der Waals surface area contributed by atoms with Crippen LogP contribution >= 0.6 is 0 Å². The molecule has 0 bridgehead atoms. The third-order valence-electron chi connectivity index (χ3n) is 2.26.